The Balaban J connectivity index is 4.51. The van der Waals surface area contributed by atoms with E-state index >= 15 is 0 Å². The molecule has 0 aliphatic rings. The van der Waals surface area contributed by atoms with Crippen LogP contribution in [-0.4, -0.2) is 37.2 Å². The molecule has 0 aromatic rings. The Morgan fingerprint density at radius 2 is 0.565 bits per heavy atom. The van der Waals surface area contributed by atoms with Crippen LogP contribution in [0, 0.1) is 0 Å². The number of carbonyl (C=O) groups is 3. The van der Waals surface area contributed by atoms with Gasteiger partial charge in [0, 0.05) is 19.3 Å². The van der Waals surface area contributed by atoms with Crippen LogP contribution in [0.2, 0.25) is 0 Å². The van der Waals surface area contributed by atoms with Crippen molar-refractivity contribution in [2.45, 2.75) is 258 Å². The number of hydrogen-bond acceptors (Lipinski definition) is 6. The highest BCUT2D eigenvalue weighted by Crippen LogP contribution is 2.14. The molecule has 0 fully saturated rings. The third-order valence-electron chi connectivity index (χ3n) is 11.8. The average molecular weight is 958 g/mol. The van der Waals surface area contributed by atoms with E-state index in [1.165, 1.54) is 89.9 Å². The lowest BCUT2D eigenvalue weighted by molar-refractivity contribution is -0.167. The normalized spacial score (nSPS) is 12.9. The van der Waals surface area contributed by atoms with E-state index < -0.39 is 6.10 Å². The molecule has 0 radical (unpaired) electrons. The van der Waals surface area contributed by atoms with Crippen LogP contribution in [0.15, 0.2) is 109 Å². The number of ether oxygens (including phenoxy) is 3. The minimum Gasteiger partial charge on any atom is -0.462 e. The molecule has 0 aromatic carbocycles. The summed E-state index contributed by atoms with van der Waals surface area (Å²) in [5.41, 5.74) is 0. The average Bonchev–Trinajstić information content (AvgIpc) is 3.35. The van der Waals surface area contributed by atoms with Crippen molar-refractivity contribution in [3.63, 3.8) is 0 Å². The number of carbonyl (C=O) groups excluding carboxylic acids is 3. The quantitative estimate of drug-likeness (QED) is 0.0262. The lowest BCUT2D eigenvalue weighted by Gasteiger charge is -2.18. The van der Waals surface area contributed by atoms with E-state index in [1.54, 1.807) is 0 Å². The molecule has 0 amide bonds. The van der Waals surface area contributed by atoms with Crippen molar-refractivity contribution in [3.05, 3.63) is 109 Å². The molecule has 0 heterocycles. The molecule has 0 spiro atoms. The Morgan fingerprint density at radius 3 is 0.913 bits per heavy atom. The first-order valence-corrected chi connectivity index (χ1v) is 28.4. The van der Waals surface area contributed by atoms with E-state index in [1.807, 2.05) is 0 Å². The number of allylic oxidation sites excluding steroid dienone is 18. The molecule has 0 saturated heterocycles. The summed E-state index contributed by atoms with van der Waals surface area (Å²) in [5.74, 6) is -0.966. The predicted molar refractivity (Wildman–Crippen MR) is 297 cm³/mol. The van der Waals surface area contributed by atoms with Crippen molar-refractivity contribution in [1.82, 2.24) is 0 Å². The standard InChI is InChI=1S/C63H104O6/c1-4-7-10-13-16-19-22-25-27-29-31-33-35-38-41-44-47-50-53-56-62(65)68-59-60(58-67-61(64)55-52-49-46-43-40-37-24-21-18-15-12-9-6-3)69-63(66)57-54-51-48-45-42-39-36-34-32-30-28-26-23-20-17-14-11-8-5-2/h7,10,16-17,19-20,25-28,31-34,38-39,41-42,60H,4-6,8-9,11-15,18,21-24,29-30,35-37,40,43-59H2,1-3H3/b10-7-,19-16-,20-17-,27-25-,28-26-,33-31-,34-32-,41-38-,42-39-/t60-/m1/s1. The Bertz CT molecular complexity index is 1420. The summed E-state index contributed by atoms with van der Waals surface area (Å²) in [6, 6.07) is 0. The monoisotopic (exact) mass is 957 g/mol. The minimum atomic E-state index is -0.809. The zero-order valence-electron chi connectivity index (χ0n) is 44.8. The van der Waals surface area contributed by atoms with Gasteiger partial charge in [-0.1, -0.05) is 233 Å². The van der Waals surface area contributed by atoms with Crippen LogP contribution in [0.5, 0.6) is 0 Å². The van der Waals surface area contributed by atoms with Crippen LogP contribution in [0.1, 0.15) is 252 Å². The molecular formula is C63H104O6. The van der Waals surface area contributed by atoms with Crippen LogP contribution in [0.25, 0.3) is 0 Å². The zero-order chi connectivity index (χ0) is 50.0. The van der Waals surface area contributed by atoms with Gasteiger partial charge in [0.05, 0.1) is 0 Å². The lowest BCUT2D eigenvalue weighted by atomic mass is 10.0. The zero-order valence-corrected chi connectivity index (χ0v) is 44.8. The Morgan fingerprint density at radius 1 is 0.304 bits per heavy atom. The first-order chi connectivity index (χ1) is 34.0. The summed E-state index contributed by atoms with van der Waals surface area (Å²) in [6.07, 6.45) is 76.4. The fourth-order valence-electron chi connectivity index (χ4n) is 7.51. The first kappa shape index (κ1) is 65.1. The van der Waals surface area contributed by atoms with Gasteiger partial charge in [-0.2, -0.15) is 0 Å². The largest absolute Gasteiger partial charge is 0.462 e. The van der Waals surface area contributed by atoms with Crippen molar-refractivity contribution >= 4 is 17.9 Å². The van der Waals surface area contributed by atoms with E-state index in [0.717, 1.165) is 122 Å². The summed E-state index contributed by atoms with van der Waals surface area (Å²) in [5, 5.41) is 0. The van der Waals surface area contributed by atoms with Crippen molar-refractivity contribution in [2.24, 2.45) is 0 Å². The van der Waals surface area contributed by atoms with Crippen LogP contribution in [0.3, 0.4) is 0 Å². The summed E-state index contributed by atoms with van der Waals surface area (Å²) in [7, 11) is 0. The first-order valence-electron chi connectivity index (χ1n) is 28.4. The third-order valence-corrected chi connectivity index (χ3v) is 11.8. The topological polar surface area (TPSA) is 78.9 Å². The molecule has 0 aromatic heterocycles. The fraction of sp³-hybridized carbons (Fsp3) is 0.667. The van der Waals surface area contributed by atoms with Gasteiger partial charge in [-0.3, -0.25) is 14.4 Å². The summed E-state index contributed by atoms with van der Waals surface area (Å²) in [6.45, 7) is 6.44. The van der Waals surface area contributed by atoms with Crippen LogP contribution < -0.4 is 0 Å². The van der Waals surface area contributed by atoms with Gasteiger partial charge in [0.2, 0.25) is 0 Å². The second-order valence-corrected chi connectivity index (χ2v) is 18.5. The molecule has 392 valence electrons. The fourth-order valence-corrected chi connectivity index (χ4v) is 7.51. The molecule has 0 bridgehead atoms. The van der Waals surface area contributed by atoms with Gasteiger partial charge < -0.3 is 14.2 Å². The summed E-state index contributed by atoms with van der Waals surface area (Å²) >= 11 is 0. The van der Waals surface area contributed by atoms with Gasteiger partial charge in [0.1, 0.15) is 13.2 Å². The maximum atomic E-state index is 12.8. The van der Waals surface area contributed by atoms with Gasteiger partial charge in [0.15, 0.2) is 6.10 Å². The highest BCUT2D eigenvalue weighted by Gasteiger charge is 2.19. The SMILES string of the molecule is CC/C=C\C/C=C\C/C=C\C/C=C\C/C=C\CCCCCC(=O)OC[C@@H](COC(=O)CCCCCCCCCCCCCCC)OC(=O)CCCCC/C=C\C/C=C\C/C=C\C/C=C\CCCCC. The molecule has 0 rings (SSSR count). The number of rotatable bonds is 50. The molecule has 0 aliphatic heterocycles. The Labute approximate surface area is 425 Å². The number of esters is 3. The Kier molecular flexibility index (Phi) is 53.4. The van der Waals surface area contributed by atoms with Gasteiger partial charge >= 0.3 is 17.9 Å². The summed E-state index contributed by atoms with van der Waals surface area (Å²) in [4.78, 5) is 38.1. The number of hydrogen-bond donors (Lipinski definition) is 0. The molecule has 69 heavy (non-hydrogen) atoms. The molecule has 6 nitrogen and oxygen atoms in total. The van der Waals surface area contributed by atoms with Gasteiger partial charge in [-0.05, 0) is 109 Å². The number of unbranched alkanes of at least 4 members (excludes halogenated alkanes) is 21. The van der Waals surface area contributed by atoms with E-state index in [-0.39, 0.29) is 37.5 Å². The highest BCUT2D eigenvalue weighted by molar-refractivity contribution is 5.71. The van der Waals surface area contributed by atoms with Gasteiger partial charge in [-0.15, -0.1) is 0 Å². The van der Waals surface area contributed by atoms with Crippen molar-refractivity contribution in [1.29, 1.82) is 0 Å². The molecular weight excluding hydrogens is 853 g/mol. The van der Waals surface area contributed by atoms with Gasteiger partial charge in [-0.25, -0.2) is 0 Å². The molecule has 0 N–H and O–H groups in total. The summed E-state index contributed by atoms with van der Waals surface area (Å²) < 4.78 is 16.8. The minimum absolute atomic E-state index is 0.102. The maximum Gasteiger partial charge on any atom is 0.306 e. The van der Waals surface area contributed by atoms with E-state index in [9.17, 15) is 14.4 Å². The molecule has 0 saturated carbocycles. The van der Waals surface area contributed by atoms with Crippen molar-refractivity contribution < 1.29 is 28.6 Å². The lowest BCUT2D eigenvalue weighted by Crippen LogP contribution is -2.30. The van der Waals surface area contributed by atoms with Crippen LogP contribution in [0.4, 0.5) is 0 Å². The second kappa shape index (κ2) is 56.7. The molecule has 1 atom stereocenters. The second-order valence-electron chi connectivity index (χ2n) is 18.5. The Hall–Kier alpha value is -3.93. The predicted octanol–water partition coefficient (Wildman–Crippen LogP) is 19.1. The van der Waals surface area contributed by atoms with Crippen LogP contribution in [-0.2, 0) is 28.6 Å². The van der Waals surface area contributed by atoms with Gasteiger partial charge in [0.25, 0.3) is 0 Å². The highest BCUT2D eigenvalue weighted by atomic mass is 16.6. The molecule has 0 aliphatic carbocycles. The van der Waals surface area contributed by atoms with Crippen LogP contribution >= 0.6 is 0 Å². The van der Waals surface area contributed by atoms with E-state index in [4.69, 9.17) is 14.2 Å². The molecule has 6 heteroatoms. The van der Waals surface area contributed by atoms with E-state index in [2.05, 4.69) is 130 Å². The maximum absolute atomic E-state index is 12.8. The smallest absolute Gasteiger partial charge is 0.306 e. The third kappa shape index (κ3) is 54.9. The van der Waals surface area contributed by atoms with Crippen molar-refractivity contribution in [3.8, 4) is 0 Å². The van der Waals surface area contributed by atoms with E-state index in [0.29, 0.717) is 12.8 Å². The van der Waals surface area contributed by atoms with Crippen molar-refractivity contribution in [2.75, 3.05) is 13.2 Å². The molecule has 0 unspecified atom stereocenters.